The average molecular weight is 244 g/mol. The number of hydrazine groups is 1. The molecule has 1 aromatic heterocycles. The van der Waals surface area contributed by atoms with Crippen molar-refractivity contribution < 1.29 is 0 Å². The molecule has 0 aliphatic heterocycles. The molecular weight excluding hydrogens is 224 g/mol. The van der Waals surface area contributed by atoms with Crippen molar-refractivity contribution in [1.82, 2.24) is 9.97 Å². The molecule has 1 aromatic rings. The lowest BCUT2D eigenvalue weighted by Crippen LogP contribution is -2.49. The van der Waals surface area contributed by atoms with Crippen LogP contribution in [0.3, 0.4) is 0 Å². The first-order chi connectivity index (χ1) is 8.77. The Balaban J connectivity index is 1.70. The van der Waals surface area contributed by atoms with Gasteiger partial charge in [0.2, 0.25) is 0 Å². The van der Waals surface area contributed by atoms with E-state index in [1.165, 1.54) is 44.2 Å². The van der Waals surface area contributed by atoms with E-state index in [9.17, 15) is 0 Å². The zero-order chi connectivity index (χ0) is 12.2. The summed E-state index contributed by atoms with van der Waals surface area (Å²) in [5.41, 5.74) is 4.11. The van der Waals surface area contributed by atoms with Gasteiger partial charge in [-0.1, -0.05) is 0 Å². The van der Waals surface area contributed by atoms with Gasteiger partial charge >= 0.3 is 0 Å². The zero-order valence-electron chi connectivity index (χ0n) is 10.6. The van der Waals surface area contributed by atoms with Crippen LogP contribution in [0.4, 0.5) is 5.82 Å². The van der Waals surface area contributed by atoms with E-state index in [-0.39, 0.29) is 0 Å². The van der Waals surface area contributed by atoms with Gasteiger partial charge < -0.3 is 5.43 Å². The summed E-state index contributed by atoms with van der Waals surface area (Å²) < 4.78 is 0. The molecule has 0 unspecified atom stereocenters. The summed E-state index contributed by atoms with van der Waals surface area (Å²) in [6, 6.07) is 0. The molecule has 1 heterocycles. The maximum atomic E-state index is 5.35. The Morgan fingerprint density at radius 3 is 2.06 bits per heavy atom. The number of hydrogen-bond acceptors (Lipinski definition) is 4. The van der Waals surface area contributed by atoms with E-state index in [4.69, 9.17) is 5.84 Å². The number of nitrogens with one attached hydrogen (secondary N) is 1. The number of nitrogen functional groups attached to an aromatic ring is 1. The van der Waals surface area contributed by atoms with E-state index in [1.54, 1.807) is 6.20 Å². The molecule has 4 aliphatic carbocycles. The topological polar surface area (TPSA) is 63.8 Å². The highest BCUT2D eigenvalue weighted by Crippen LogP contribution is 2.60. The van der Waals surface area contributed by atoms with Crippen LogP contribution >= 0.6 is 0 Å². The largest absolute Gasteiger partial charge is 0.307 e. The van der Waals surface area contributed by atoms with E-state index in [0.717, 1.165) is 17.8 Å². The lowest BCUT2D eigenvalue weighted by atomic mass is 9.49. The van der Waals surface area contributed by atoms with Gasteiger partial charge in [0.25, 0.3) is 0 Å². The molecule has 4 bridgehead atoms. The van der Waals surface area contributed by atoms with Crippen LogP contribution in [0.25, 0.3) is 0 Å². The average Bonchev–Trinajstić information content (AvgIpc) is 2.37. The minimum absolute atomic E-state index is 0.342. The fourth-order valence-electron chi connectivity index (χ4n) is 5.10. The van der Waals surface area contributed by atoms with E-state index in [0.29, 0.717) is 11.2 Å². The van der Waals surface area contributed by atoms with Gasteiger partial charge in [-0.2, -0.15) is 0 Å². The summed E-state index contributed by atoms with van der Waals surface area (Å²) in [6.45, 7) is 0. The summed E-state index contributed by atoms with van der Waals surface area (Å²) in [4.78, 5) is 8.99. The number of rotatable bonds is 2. The zero-order valence-corrected chi connectivity index (χ0v) is 10.6. The Morgan fingerprint density at radius 1 is 1.00 bits per heavy atom. The molecule has 0 atom stereocenters. The Labute approximate surface area is 107 Å². The van der Waals surface area contributed by atoms with Gasteiger partial charge in [0.05, 0.1) is 18.1 Å². The molecule has 96 valence electrons. The van der Waals surface area contributed by atoms with Gasteiger partial charge in [-0.3, -0.25) is 4.98 Å². The lowest BCUT2D eigenvalue weighted by molar-refractivity contribution is -0.00735. The molecule has 4 fully saturated rings. The number of anilines is 1. The lowest BCUT2D eigenvalue weighted by Gasteiger charge is -2.56. The number of nitrogens with two attached hydrogens (primary N) is 1. The third-order valence-corrected chi connectivity index (χ3v) is 5.38. The van der Waals surface area contributed by atoms with Crippen LogP contribution in [-0.2, 0) is 5.41 Å². The van der Waals surface area contributed by atoms with Crippen LogP contribution in [0.15, 0.2) is 12.4 Å². The summed E-state index contributed by atoms with van der Waals surface area (Å²) in [6.07, 6.45) is 12.1. The Morgan fingerprint density at radius 2 is 1.61 bits per heavy atom. The predicted molar refractivity (Wildman–Crippen MR) is 69.7 cm³/mol. The molecule has 4 nitrogen and oxygen atoms in total. The van der Waals surface area contributed by atoms with Crippen LogP contribution < -0.4 is 11.3 Å². The van der Waals surface area contributed by atoms with Crippen molar-refractivity contribution in [3.05, 3.63) is 18.1 Å². The third-order valence-electron chi connectivity index (χ3n) is 5.38. The first-order valence-corrected chi connectivity index (χ1v) is 7.06. The monoisotopic (exact) mass is 244 g/mol. The minimum Gasteiger partial charge on any atom is -0.307 e. The first-order valence-electron chi connectivity index (χ1n) is 7.06. The predicted octanol–water partition coefficient (Wildman–Crippen LogP) is 2.23. The third kappa shape index (κ3) is 1.48. The first kappa shape index (κ1) is 10.7. The molecule has 0 aromatic carbocycles. The molecule has 4 heteroatoms. The van der Waals surface area contributed by atoms with E-state index in [2.05, 4.69) is 15.4 Å². The second-order valence-corrected chi connectivity index (χ2v) is 6.63. The van der Waals surface area contributed by atoms with E-state index in [1.807, 2.05) is 6.20 Å². The van der Waals surface area contributed by atoms with Crippen molar-refractivity contribution in [2.45, 2.75) is 43.9 Å². The SMILES string of the molecule is NNc1cnc(C23CC4CC(CC(C4)C2)C3)cn1. The van der Waals surface area contributed by atoms with Crippen molar-refractivity contribution in [1.29, 1.82) is 0 Å². The standard InChI is InChI=1S/C14H20N4/c15-18-13-8-16-12(7-17-13)14-4-9-1-10(5-14)3-11(2-9)6-14/h7-11H,1-6,15H2,(H,17,18). The van der Waals surface area contributed by atoms with Crippen LogP contribution in [0.5, 0.6) is 0 Å². The fraction of sp³-hybridized carbons (Fsp3) is 0.714. The van der Waals surface area contributed by atoms with Crippen molar-refractivity contribution in [3.8, 4) is 0 Å². The molecule has 4 aliphatic rings. The van der Waals surface area contributed by atoms with Gasteiger partial charge in [0, 0.05) is 5.41 Å². The van der Waals surface area contributed by atoms with Crippen LogP contribution in [0.2, 0.25) is 0 Å². The van der Waals surface area contributed by atoms with Crippen molar-refractivity contribution in [2.75, 3.05) is 5.43 Å². The van der Waals surface area contributed by atoms with Gasteiger partial charge in [-0.05, 0) is 56.3 Å². The number of aromatic nitrogens is 2. The second-order valence-electron chi connectivity index (χ2n) is 6.63. The van der Waals surface area contributed by atoms with Gasteiger partial charge in [0.1, 0.15) is 0 Å². The van der Waals surface area contributed by atoms with Gasteiger partial charge in [-0.15, -0.1) is 0 Å². The van der Waals surface area contributed by atoms with Crippen LogP contribution in [0.1, 0.15) is 44.2 Å². The Hall–Kier alpha value is -1.16. The highest BCUT2D eigenvalue weighted by molar-refractivity contribution is 5.31. The van der Waals surface area contributed by atoms with E-state index >= 15 is 0 Å². The normalized spacial score (nSPS) is 41.1. The Bertz CT molecular complexity index is 418. The molecule has 4 saturated carbocycles. The quantitative estimate of drug-likeness (QED) is 0.618. The molecule has 5 rings (SSSR count). The summed E-state index contributed by atoms with van der Waals surface area (Å²) in [7, 11) is 0. The molecule has 0 radical (unpaired) electrons. The maximum Gasteiger partial charge on any atom is 0.158 e. The van der Waals surface area contributed by atoms with Crippen LogP contribution in [0, 0.1) is 17.8 Å². The molecule has 0 saturated heterocycles. The fourth-order valence-corrected chi connectivity index (χ4v) is 5.10. The Kier molecular flexibility index (Phi) is 2.19. The summed E-state index contributed by atoms with van der Waals surface area (Å²) >= 11 is 0. The van der Waals surface area contributed by atoms with Crippen molar-refractivity contribution in [3.63, 3.8) is 0 Å². The molecule has 0 spiro atoms. The highest BCUT2D eigenvalue weighted by Gasteiger charge is 2.52. The number of nitrogens with zero attached hydrogens (tertiary/aromatic N) is 2. The molecular formula is C14H20N4. The van der Waals surface area contributed by atoms with Crippen LogP contribution in [-0.4, -0.2) is 9.97 Å². The molecule has 18 heavy (non-hydrogen) atoms. The van der Waals surface area contributed by atoms with Gasteiger partial charge in [-0.25, -0.2) is 10.8 Å². The smallest absolute Gasteiger partial charge is 0.158 e. The molecule has 0 amide bonds. The van der Waals surface area contributed by atoms with Crippen molar-refractivity contribution in [2.24, 2.45) is 23.6 Å². The summed E-state index contributed by atoms with van der Waals surface area (Å²) in [5, 5.41) is 0. The second kappa shape index (κ2) is 3.67. The van der Waals surface area contributed by atoms with Crippen molar-refractivity contribution >= 4 is 5.82 Å². The maximum absolute atomic E-state index is 5.35. The number of hydrogen-bond donors (Lipinski definition) is 2. The van der Waals surface area contributed by atoms with E-state index < -0.39 is 0 Å². The molecule has 3 N–H and O–H groups in total. The summed E-state index contributed by atoms with van der Waals surface area (Å²) in [5.74, 6) is 8.86. The highest BCUT2D eigenvalue weighted by atomic mass is 15.3. The minimum atomic E-state index is 0.342. The van der Waals surface area contributed by atoms with Gasteiger partial charge in [0.15, 0.2) is 5.82 Å².